The van der Waals surface area contributed by atoms with Gasteiger partial charge in [0, 0.05) is 13.6 Å². The maximum atomic E-state index is 10.1. The van der Waals surface area contributed by atoms with Gasteiger partial charge >= 0.3 is 0 Å². The van der Waals surface area contributed by atoms with Gasteiger partial charge in [-0.05, 0) is 12.8 Å². The number of nitrogens with one attached hydrogen (secondary N) is 1. The number of aliphatic hydroxyl groups is 1. The lowest BCUT2D eigenvalue weighted by Crippen LogP contribution is -2.37. The van der Waals surface area contributed by atoms with Crippen molar-refractivity contribution in [1.82, 2.24) is 20.1 Å². The summed E-state index contributed by atoms with van der Waals surface area (Å²) in [7, 11) is 1.85. The molecule has 1 fully saturated rings. The SMILES string of the molecule is Cn1cnc(CNCC2(O)CCCC2)n1. The molecule has 1 saturated carbocycles. The number of aryl methyl sites for hydroxylation is 1. The van der Waals surface area contributed by atoms with Crippen molar-refractivity contribution in [2.45, 2.75) is 37.8 Å². The molecule has 0 saturated heterocycles. The smallest absolute Gasteiger partial charge is 0.164 e. The van der Waals surface area contributed by atoms with E-state index >= 15 is 0 Å². The van der Waals surface area contributed by atoms with Crippen LogP contribution in [0.1, 0.15) is 31.5 Å². The van der Waals surface area contributed by atoms with Gasteiger partial charge in [-0.25, -0.2) is 4.98 Å². The predicted molar refractivity (Wildman–Crippen MR) is 56.1 cm³/mol. The Labute approximate surface area is 89.5 Å². The van der Waals surface area contributed by atoms with Crippen LogP contribution in [0.2, 0.25) is 0 Å². The summed E-state index contributed by atoms with van der Waals surface area (Å²) in [5, 5.41) is 17.4. The standard InChI is InChI=1S/C10H18N4O/c1-14-8-12-9(13-14)6-11-7-10(15)4-2-3-5-10/h8,11,15H,2-7H2,1H3. The summed E-state index contributed by atoms with van der Waals surface area (Å²) in [5.41, 5.74) is -0.491. The van der Waals surface area contributed by atoms with Gasteiger partial charge in [0.1, 0.15) is 6.33 Å². The molecule has 1 heterocycles. The molecule has 5 heteroatoms. The van der Waals surface area contributed by atoms with Crippen LogP contribution < -0.4 is 5.32 Å². The zero-order valence-electron chi connectivity index (χ0n) is 9.11. The highest BCUT2D eigenvalue weighted by Crippen LogP contribution is 2.28. The molecule has 84 valence electrons. The summed E-state index contributed by atoms with van der Waals surface area (Å²) in [6.45, 7) is 1.27. The van der Waals surface area contributed by atoms with Crippen LogP contribution in [-0.4, -0.2) is 32.0 Å². The minimum Gasteiger partial charge on any atom is -0.389 e. The lowest BCUT2D eigenvalue weighted by Gasteiger charge is -2.21. The second kappa shape index (κ2) is 4.28. The average Bonchev–Trinajstić information content (AvgIpc) is 2.76. The highest BCUT2D eigenvalue weighted by molar-refractivity contribution is 4.88. The minimum absolute atomic E-state index is 0.491. The normalized spacial score (nSPS) is 19.6. The molecular weight excluding hydrogens is 192 g/mol. The number of rotatable bonds is 4. The summed E-state index contributed by atoms with van der Waals surface area (Å²) in [6, 6.07) is 0. The van der Waals surface area contributed by atoms with E-state index in [1.807, 2.05) is 7.05 Å². The van der Waals surface area contributed by atoms with Gasteiger partial charge in [-0.2, -0.15) is 5.10 Å². The second-order valence-electron chi connectivity index (χ2n) is 4.37. The number of nitrogens with zero attached hydrogens (tertiary/aromatic N) is 3. The van der Waals surface area contributed by atoms with Crippen LogP contribution in [0.5, 0.6) is 0 Å². The van der Waals surface area contributed by atoms with Crippen LogP contribution in [0, 0.1) is 0 Å². The van der Waals surface area contributed by atoms with Gasteiger partial charge in [0.15, 0.2) is 5.82 Å². The van der Waals surface area contributed by atoms with E-state index in [9.17, 15) is 5.11 Å². The van der Waals surface area contributed by atoms with Crippen molar-refractivity contribution >= 4 is 0 Å². The molecule has 0 atom stereocenters. The molecule has 0 radical (unpaired) electrons. The quantitative estimate of drug-likeness (QED) is 0.745. The monoisotopic (exact) mass is 210 g/mol. The van der Waals surface area contributed by atoms with E-state index in [2.05, 4.69) is 15.4 Å². The number of aromatic nitrogens is 3. The molecule has 15 heavy (non-hydrogen) atoms. The highest BCUT2D eigenvalue weighted by atomic mass is 16.3. The summed E-state index contributed by atoms with van der Waals surface area (Å²) < 4.78 is 1.68. The van der Waals surface area contributed by atoms with E-state index in [-0.39, 0.29) is 0 Å². The van der Waals surface area contributed by atoms with Gasteiger partial charge < -0.3 is 10.4 Å². The summed E-state index contributed by atoms with van der Waals surface area (Å²) in [5.74, 6) is 0.777. The van der Waals surface area contributed by atoms with E-state index in [4.69, 9.17) is 0 Å². The van der Waals surface area contributed by atoms with Gasteiger partial charge in [0.2, 0.25) is 0 Å². The Morgan fingerprint density at radius 3 is 2.87 bits per heavy atom. The van der Waals surface area contributed by atoms with Crippen LogP contribution in [0.3, 0.4) is 0 Å². The molecule has 1 aromatic rings. The Balaban J connectivity index is 1.75. The molecule has 5 nitrogen and oxygen atoms in total. The fourth-order valence-electron chi connectivity index (χ4n) is 2.08. The molecule has 0 bridgehead atoms. The number of hydrogen-bond acceptors (Lipinski definition) is 4. The van der Waals surface area contributed by atoms with Crippen molar-refractivity contribution in [1.29, 1.82) is 0 Å². The fourth-order valence-corrected chi connectivity index (χ4v) is 2.08. The topological polar surface area (TPSA) is 63.0 Å². The van der Waals surface area contributed by atoms with Crippen molar-refractivity contribution < 1.29 is 5.11 Å². The first kappa shape index (κ1) is 10.6. The second-order valence-corrected chi connectivity index (χ2v) is 4.37. The van der Waals surface area contributed by atoms with Crippen molar-refractivity contribution in [3.8, 4) is 0 Å². The predicted octanol–water partition coefficient (Wildman–Crippen LogP) is 0.210. The Bertz CT molecular complexity index is 317. The third kappa shape index (κ3) is 2.76. The van der Waals surface area contributed by atoms with Crippen molar-refractivity contribution in [2.75, 3.05) is 6.54 Å². The van der Waals surface area contributed by atoms with E-state index in [1.165, 1.54) is 0 Å². The Morgan fingerprint density at radius 1 is 1.53 bits per heavy atom. The number of hydrogen-bond donors (Lipinski definition) is 2. The Morgan fingerprint density at radius 2 is 2.27 bits per heavy atom. The van der Waals surface area contributed by atoms with E-state index in [0.29, 0.717) is 13.1 Å². The third-order valence-corrected chi connectivity index (χ3v) is 2.92. The zero-order valence-corrected chi connectivity index (χ0v) is 9.11. The molecule has 1 aliphatic rings. The first-order valence-electron chi connectivity index (χ1n) is 5.46. The maximum absolute atomic E-state index is 10.1. The Hall–Kier alpha value is -0.940. The lowest BCUT2D eigenvalue weighted by atomic mass is 10.0. The molecule has 0 unspecified atom stereocenters. The van der Waals surface area contributed by atoms with Gasteiger partial charge in [0.25, 0.3) is 0 Å². The molecule has 0 amide bonds. The molecule has 0 aliphatic heterocycles. The summed E-state index contributed by atoms with van der Waals surface area (Å²) in [4.78, 5) is 4.11. The summed E-state index contributed by atoms with van der Waals surface area (Å²) in [6.07, 6.45) is 5.78. The van der Waals surface area contributed by atoms with E-state index in [0.717, 1.165) is 31.5 Å². The highest BCUT2D eigenvalue weighted by Gasteiger charge is 2.30. The average molecular weight is 210 g/mol. The zero-order chi connectivity index (χ0) is 10.7. The van der Waals surface area contributed by atoms with Crippen LogP contribution in [0.4, 0.5) is 0 Å². The van der Waals surface area contributed by atoms with Gasteiger partial charge in [0.05, 0.1) is 12.1 Å². The molecule has 1 aromatic heterocycles. The molecule has 0 spiro atoms. The van der Waals surface area contributed by atoms with Gasteiger partial charge in [-0.15, -0.1) is 0 Å². The van der Waals surface area contributed by atoms with Crippen LogP contribution in [0.25, 0.3) is 0 Å². The van der Waals surface area contributed by atoms with Crippen molar-refractivity contribution in [3.05, 3.63) is 12.2 Å². The molecule has 0 aromatic carbocycles. The first-order chi connectivity index (χ1) is 7.18. The van der Waals surface area contributed by atoms with Crippen molar-refractivity contribution in [3.63, 3.8) is 0 Å². The lowest BCUT2D eigenvalue weighted by molar-refractivity contribution is 0.0473. The molecule has 2 N–H and O–H groups in total. The molecule has 2 rings (SSSR count). The van der Waals surface area contributed by atoms with Crippen molar-refractivity contribution in [2.24, 2.45) is 7.05 Å². The van der Waals surface area contributed by atoms with Crippen LogP contribution in [-0.2, 0) is 13.6 Å². The van der Waals surface area contributed by atoms with E-state index < -0.39 is 5.60 Å². The molecule has 1 aliphatic carbocycles. The van der Waals surface area contributed by atoms with Crippen LogP contribution in [0.15, 0.2) is 6.33 Å². The minimum atomic E-state index is -0.491. The molecular formula is C10H18N4O. The third-order valence-electron chi connectivity index (χ3n) is 2.92. The summed E-state index contributed by atoms with van der Waals surface area (Å²) >= 11 is 0. The first-order valence-corrected chi connectivity index (χ1v) is 5.46. The largest absolute Gasteiger partial charge is 0.389 e. The maximum Gasteiger partial charge on any atom is 0.164 e. The van der Waals surface area contributed by atoms with Gasteiger partial charge in [-0.3, -0.25) is 4.68 Å². The van der Waals surface area contributed by atoms with Crippen LogP contribution >= 0.6 is 0 Å². The Kier molecular flexibility index (Phi) is 3.02. The van der Waals surface area contributed by atoms with Gasteiger partial charge in [-0.1, -0.05) is 12.8 Å². The fraction of sp³-hybridized carbons (Fsp3) is 0.800. The van der Waals surface area contributed by atoms with E-state index in [1.54, 1.807) is 11.0 Å².